The monoisotopic (exact) mass is 330 g/mol. The van der Waals surface area contributed by atoms with Crippen LogP contribution in [0.3, 0.4) is 0 Å². The Bertz CT molecular complexity index is 768. The number of hydrogen-bond donors (Lipinski definition) is 0. The van der Waals surface area contributed by atoms with Gasteiger partial charge in [0.15, 0.2) is 0 Å². The van der Waals surface area contributed by atoms with E-state index in [1.54, 1.807) is 30.3 Å². The predicted octanol–water partition coefficient (Wildman–Crippen LogP) is 2.15. The standard InChI is InChI=1S/C17H18N2O3S/c20-23(21,16-9-5-2-6-10-16)18-17(15-7-3-1-4-8-15)19-11-13-22-14-12-19/h1-10H,11-14H2. The van der Waals surface area contributed by atoms with Gasteiger partial charge in [0.25, 0.3) is 10.0 Å². The highest BCUT2D eigenvalue weighted by molar-refractivity contribution is 7.90. The van der Waals surface area contributed by atoms with E-state index in [4.69, 9.17) is 4.74 Å². The largest absolute Gasteiger partial charge is 0.378 e. The number of benzene rings is 2. The van der Waals surface area contributed by atoms with Crippen molar-refractivity contribution in [2.24, 2.45) is 4.40 Å². The van der Waals surface area contributed by atoms with Gasteiger partial charge in [0.1, 0.15) is 5.84 Å². The van der Waals surface area contributed by atoms with Crippen LogP contribution in [0.5, 0.6) is 0 Å². The molecule has 5 nitrogen and oxygen atoms in total. The van der Waals surface area contributed by atoms with E-state index in [0.717, 1.165) is 5.56 Å². The summed E-state index contributed by atoms with van der Waals surface area (Å²) in [5.41, 5.74) is 0.786. The number of hydrogen-bond acceptors (Lipinski definition) is 3. The summed E-state index contributed by atoms with van der Waals surface area (Å²) < 4.78 is 34.7. The minimum absolute atomic E-state index is 0.196. The molecule has 23 heavy (non-hydrogen) atoms. The van der Waals surface area contributed by atoms with E-state index in [-0.39, 0.29) is 4.90 Å². The first kappa shape index (κ1) is 15.7. The molecule has 0 saturated carbocycles. The Hall–Kier alpha value is -2.18. The van der Waals surface area contributed by atoms with Gasteiger partial charge in [-0.25, -0.2) is 0 Å². The first-order chi connectivity index (χ1) is 11.2. The van der Waals surface area contributed by atoms with Crippen molar-refractivity contribution in [1.29, 1.82) is 0 Å². The van der Waals surface area contributed by atoms with E-state index in [9.17, 15) is 8.42 Å². The average Bonchev–Trinajstić information content (AvgIpc) is 2.62. The summed E-state index contributed by atoms with van der Waals surface area (Å²) in [5, 5.41) is 0. The molecule has 1 aliphatic rings. The Kier molecular flexibility index (Phi) is 4.73. The van der Waals surface area contributed by atoms with Crippen molar-refractivity contribution in [2.75, 3.05) is 26.3 Å². The van der Waals surface area contributed by atoms with Gasteiger partial charge in [-0.3, -0.25) is 0 Å². The van der Waals surface area contributed by atoms with Crippen LogP contribution in [-0.2, 0) is 14.8 Å². The van der Waals surface area contributed by atoms with E-state index in [1.165, 1.54) is 0 Å². The minimum Gasteiger partial charge on any atom is -0.378 e. The summed E-state index contributed by atoms with van der Waals surface area (Å²) in [7, 11) is -3.75. The topological polar surface area (TPSA) is 59.0 Å². The molecule has 1 aliphatic heterocycles. The fourth-order valence-corrected chi connectivity index (χ4v) is 3.47. The molecule has 6 heteroatoms. The molecule has 0 N–H and O–H groups in total. The molecular weight excluding hydrogens is 312 g/mol. The Morgan fingerprint density at radius 1 is 0.913 bits per heavy atom. The number of sulfonamides is 1. The van der Waals surface area contributed by atoms with Gasteiger partial charge in [0.05, 0.1) is 18.1 Å². The van der Waals surface area contributed by atoms with Crippen molar-refractivity contribution in [1.82, 2.24) is 4.90 Å². The van der Waals surface area contributed by atoms with Gasteiger partial charge >= 0.3 is 0 Å². The van der Waals surface area contributed by atoms with Crippen molar-refractivity contribution in [3.8, 4) is 0 Å². The smallest absolute Gasteiger partial charge is 0.284 e. The normalized spacial score (nSPS) is 16.3. The highest BCUT2D eigenvalue weighted by atomic mass is 32.2. The Morgan fingerprint density at radius 3 is 2.09 bits per heavy atom. The van der Waals surface area contributed by atoms with E-state index in [0.29, 0.717) is 32.1 Å². The molecule has 0 spiro atoms. The van der Waals surface area contributed by atoms with Gasteiger partial charge < -0.3 is 9.64 Å². The molecule has 0 atom stereocenters. The third-order valence-electron chi connectivity index (χ3n) is 3.59. The van der Waals surface area contributed by atoms with Crippen LogP contribution in [0.1, 0.15) is 5.56 Å². The highest BCUT2D eigenvalue weighted by Gasteiger charge is 2.21. The fourth-order valence-electron chi connectivity index (χ4n) is 2.41. The first-order valence-electron chi connectivity index (χ1n) is 7.45. The predicted molar refractivity (Wildman–Crippen MR) is 89.0 cm³/mol. The zero-order valence-corrected chi connectivity index (χ0v) is 13.4. The van der Waals surface area contributed by atoms with Crippen molar-refractivity contribution < 1.29 is 13.2 Å². The van der Waals surface area contributed by atoms with E-state index in [2.05, 4.69) is 4.40 Å². The molecule has 1 heterocycles. The Labute approximate surface area is 136 Å². The third kappa shape index (κ3) is 3.78. The third-order valence-corrected chi connectivity index (χ3v) is 4.87. The molecule has 0 aliphatic carbocycles. The van der Waals surface area contributed by atoms with E-state index in [1.807, 2.05) is 35.2 Å². The summed E-state index contributed by atoms with van der Waals surface area (Å²) in [6, 6.07) is 17.7. The van der Waals surface area contributed by atoms with Gasteiger partial charge in [-0.2, -0.15) is 8.42 Å². The van der Waals surface area contributed by atoms with Crippen LogP contribution >= 0.6 is 0 Å². The van der Waals surface area contributed by atoms with Gasteiger partial charge in [0.2, 0.25) is 0 Å². The maximum absolute atomic E-state index is 12.6. The number of morpholine rings is 1. The van der Waals surface area contributed by atoms with Crippen LogP contribution in [0, 0.1) is 0 Å². The lowest BCUT2D eigenvalue weighted by atomic mass is 10.2. The molecule has 0 amide bonds. The second kappa shape index (κ2) is 6.93. The van der Waals surface area contributed by atoms with Gasteiger partial charge in [0, 0.05) is 18.7 Å². The van der Waals surface area contributed by atoms with Crippen molar-refractivity contribution in [3.05, 3.63) is 66.2 Å². The van der Waals surface area contributed by atoms with Crippen LogP contribution in [-0.4, -0.2) is 45.5 Å². The highest BCUT2D eigenvalue weighted by Crippen LogP contribution is 2.16. The van der Waals surface area contributed by atoms with E-state index < -0.39 is 10.0 Å². The number of nitrogens with zero attached hydrogens (tertiary/aromatic N) is 2. The van der Waals surface area contributed by atoms with Gasteiger partial charge in [-0.05, 0) is 12.1 Å². The number of ether oxygens (including phenoxy) is 1. The molecule has 2 aromatic rings. The first-order valence-corrected chi connectivity index (χ1v) is 8.89. The van der Waals surface area contributed by atoms with Crippen LogP contribution in [0.4, 0.5) is 0 Å². The lowest BCUT2D eigenvalue weighted by Crippen LogP contribution is -2.41. The van der Waals surface area contributed by atoms with Crippen molar-refractivity contribution in [2.45, 2.75) is 4.90 Å². The van der Waals surface area contributed by atoms with Crippen molar-refractivity contribution >= 4 is 15.9 Å². The summed E-state index contributed by atoms with van der Waals surface area (Å²) >= 11 is 0. The van der Waals surface area contributed by atoms with Crippen molar-refractivity contribution in [3.63, 3.8) is 0 Å². The SMILES string of the molecule is O=S(=O)(N=C(c1ccccc1)N1CCOCC1)c1ccccc1. The molecule has 0 radical (unpaired) electrons. The fraction of sp³-hybridized carbons (Fsp3) is 0.235. The zero-order chi connectivity index (χ0) is 16.1. The Morgan fingerprint density at radius 2 is 1.48 bits per heavy atom. The second-order valence-corrected chi connectivity index (χ2v) is 6.77. The summed E-state index contributed by atoms with van der Waals surface area (Å²) in [4.78, 5) is 2.15. The molecule has 3 rings (SSSR count). The van der Waals surface area contributed by atoms with E-state index >= 15 is 0 Å². The summed E-state index contributed by atoms with van der Waals surface area (Å²) in [6.45, 7) is 2.38. The van der Waals surface area contributed by atoms with Crippen LogP contribution in [0.15, 0.2) is 70.0 Å². The van der Waals surface area contributed by atoms with Gasteiger partial charge in [-0.15, -0.1) is 4.40 Å². The van der Waals surface area contributed by atoms with Crippen LogP contribution in [0.2, 0.25) is 0 Å². The molecule has 0 bridgehead atoms. The maximum atomic E-state index is 12.6. The number of amidine groups is 1. The molecule has 120 valence electrons. The lowest BCUT2D eigenvalue weighted by Gasteiger charge is -2.29. The molecule has 0 unspecified atom stereocenters. The molecule has 1 saturated heterocycles. The van der Waals surface area contributed by atoms with Crippen LogP contribution < -0.4 is 0 Å². The lowest BCUT2D eigenvalue weighted by molar-refractivity contribution is 0.0683. The van der Waals surface area contributed by atoms with Gasteiger partial charge in [-0.1, -0.05) is 48.5 Å². The zero-order valence-electron chi connectivity index (χ0n) is 12.6. The molecule has 2 aromatic carbocycles. The maximum Gasteiger partial charge on any atom is 0.284 e. The molecule has 0 aromatic heterocycles. The number of rotatable bonds is 3. The molecule has 1 fully saturated rings. The summed E-state index contributed by atoms with van der Waals surface area (Å²) in [5.74, 6) is 0.470. The quantitative estimate of drug-likeness (QED) is 0.639. The minimum atomic E-state index is -3.75. The second-order valence-electron chi connectivity index (χ2n) is 5.17. The molecular formula is C17H18N2O3S. The average molecular weight is 330 g/mol. The van der Waals surface area contributed by atoms with Crippen LogP contribution in [0.25, 0.3) is 0 Å². The Balaban J connectivity index is 2.04. The summed E-state index contributed by atoms with van der Waals surface area (Å²) in [6.07, 6.45) is 0.